The first-order valence-electron chi connectivity index (χ1n) is 3.88. The van der Waals surface area contributed by atoms with Crippen molar-refractivity contribution in [3.05, 3.63) is 35.9 Å². The molecular weight excluding hydrogens is 152 g/mol. The Morgan fingerprint density at radius 3 is 3.00 bits per heavy atom. The van der Waals surface area contributed by atoms with Crippen molar-refractivity contribution in [3.8, 4) is 0 Å². The number of carboxylic acids is 1. The Labute approximate surface area is 71.8 Å². The molecule has 1 atom stereocenters. The zero-order valence-electron chi connectivity index (χ0n) is 6.95. The van der Waals surface area contributed by atoms with Crippen LogP contribution in [-0.4, -0.2) is 11.1 Å². The maximum atomic E-state index is 10.5. The molecule has 0 saturated carbocycles. The summed E-state index contributed by atoms with van der Waals surface area (Å²) in [6, 6.07) is 10.3. The molecule has 1 unspecified atom stereocenters. The summed E-state index contributed by atoms with van der Waals surface area (Å²) in [4.78, 5) is 10.5. The van der Waals surface area contributed by atoms with E-state index in [2.05, 4.69) is 6.07 Å². The third-order valence-electron chi connectivity index (χ3n) is 1.73. The van der Waals surface area contributed by atoms with Gasteiger partial charge in [0.25, 0.3) is 0 Å². The molecule has 0 aliphatic carbocycles. The lowest BCUT2D eigenvalue weighted by Gasteiger charge is -2.04. The molecule has 2 nitrogen and oxygen atoms in total. The van der Waals surface area contributed by atoms with Gasteiger partial charge in [-0.05, 0) is 18.1 Å². The molecule has 0 spiro atoms. The Morgan fingerprint density at radius 2 is 2.50 bits per heavy atom. The molecule has 1 aromatic carbocycles. The number of rotatable bonds is 3. The molecule has 0 bridgehead atoms. The van der Waals surface area contributed by atoms with Crippen molar-refractivity contribution < 1.29 is 9.90 Å². The van der Waals surface area contributed by atoms with E-state index < -0.39 is 5.97 Å². The molecule has 0 saturated heterocycles. The second-order valence-corrected chi connectivity index (χ2v) is 2.86. The maximum absolute atomic E-state index is 10.5. The Hall–Kier alpha value is -1.31. The summed E-state index contributed by atoms with van der Waals surface area (Å²) in [6.45, 7) is 1.70. The highest BCUT2D eigenvalue weighted by Gasteiger charge is 2.10. The van der Waals surface area contributed by atoms with Crippen molar-refractivity contribution in [3.63, 3.8) is 0 Å². The summed E-state index contributed by atoms with van der Waals surface area (Å²) in [6.07, 6.45) is 0.576. The van der Waals surface area contributed by atoms with E-state index in [0.717, 1.165) is 5.56 Å². The van der Waals surface area contributed by atoms with Gasteiger partial charge in [0.2, 0.25) is 0 Å². The summed E-state index contributed by atoms with van der Waals surface area (Å²) >= 11 is 0. The van der Waals surface area contributed by atoms with Crippen LogP contribution in [0, 0.1) is 12.0 Å². The molecule has 2 heteroatoms. The van der Waals surface area contributed by atoms with Gasteiger partial charge in [-0.25, -0.2) is 0 Å². The average Bonchev–Trinajstić information content (AvgIpc) is 2.06. The van der Waals surface area contributed by atoms with E-state index in [1.54, 1.807) is 13.0 Å². The van der Waals surface area contributed by atoms with E-state index in [1.807, 2.05) is 18.2 Å². The molecule has 0 aliphatic rings. The first-order valence-corrected chi connectivity index (χ1v) is 3.88. The van der Waals surface area contributed by atoms with E-state index in [1.165, 1.54) is 0 Å². The Kier molecular flexibility index (Phi) is 2.86. The summed E-state index contributed by atoms with van der Waals surface area (Å²) in [5, 5.41) is 8.63. The predicted octanol–water partition coefficient (Wildman–Crippen LogP) is 1.75. The molecule has 0 aromatic heterocycles. The minimum Gasteiger partial charge on any atom is -0.481 e. The van der Waals surface area contributed by atoms with E-state index in [-0.39, 0.29) is 5.92 Å². The average molecular weight is 163 g/mol. The smallest absolute Gasteiger partial charge is 0.306 e. The lowest BCUT2D eigenvalue weighted by atomic mass is 10.0. The van der Waals surface area contributed by atoms with Gasteiger partial charge in [-0.15, -0.1) is 0 Å². The van der Waals surface area contributed by atoms with Crippen molar-refractivity contribution in [2.24, 2.45) is 5.92 Å². The van der Waals surface area contributed by atoms with Crippen molar-refractivity contribution >= 4 is 5.97 Å². The second-order valence-electron chi connectivity index (χ2n) is 2.86. The number of carboxylic acid groups (broad SMARTS) is 1. The molecule has 1 radical (unpaired) electrons. The molecule has 1 aromatic rings. The van der Waals surface area contributed by atoms with Crippen LogP contribution in [0.3, 0.4) is 0 Å². The van der Waals surface area contributed by atoms with E-state index >= 15 is 0 Å². The zero-order valence-corrected chi connectivity index (χ0v) is 6.95. The van der Waals surface area contributed by atoms with Gasteiger partial charge >= 0.3 is 5.97 Å². The standard InChI is InChI=1S/C10H11O2/c1-8(10(11)12)7-9-5-3-2-4-6-9/h2-3,5-6,8H,7H2,1H3,(H,11,12). The summed E-state index contributed by atoms with van der Waals surface area (Å²) in [5.41, 5.74) is 1.02. The summed E-state index contributed by atoms with van der Waals surface area (Å²) < 4.78 is 0. The molecule has 1 rings (SSSR count). The van der Waals surface area contributed by atoms with E-state index in [9.17, 15) is 4.79 Å². The summed E-state index contributed by atoms with van der Waals surface area (Å²) in [5.74, 6) is -1.07. The van der Waals surface area contributed by atoms with Crippen molar-refractivity contribution in [2.45, 2.75) is 13.3 Å². The normalized spacial score (nSPS) is 12.4. The lowest BCUT2D eigenvalue weighted by Crippen LogP contribution is -2.11. The van der Waals surface area contributed by atoms with Gasteiger partial charge in [0.1, 0.15) is 0 Å². The van der Waals surface area contributed by atoms with E-state index in [4.69, 9.17) is 5.11 Å². The van der Waals surface area contributed by atoms with Crippen LogP contribution in [0.2, 0.25) is 0 Å². The van der Waals surface area contributed by atoms with Gasteiger partial charge in [0.15, 0.2) is 0 Å². The fourth-order valence-electron chi connectivity index (χ4n) is 0.998. The van der Waals surface area contributed by atoms with E-state index in [0.29, 0.717) is 6.42 Å². The number of carbonyl (C=O) groups is 1. The summed E-state index contributed by atoms with van der Waals surface area (Å²) in [7, 11) is 0. The SMILES string of the molecule is CC(Cc1c[c]ccc1)C(=O)O. The minimum absolute atomic E-state index is 0.319. The maximum Gasteiger partial charge on any atom is 0.306 e. The van der Waals surface area contributed by atoms with Crippen LogP contribution in [0.4, 0.5) is 0 Å². The minimum atomic E-state index is -0.751. The fourth-order valence-corrected chi connectivity index (χ4v) is 0.998. The van der Waals surface area contributed by atoms with Crippen molar-refractivity contribution in [2.75, 3.05) is 0 Å². The van der Waals surface area contributed by atoms with Gasteiger partial charge in [0, 0.05) is 0 Å². The van der Waals surface area contributed by atoms with Crippen LogP contribution in [0.1, 0.15) is 12.5 Å². The van der Waals surface area contributed by atoms with Crippen LogP contribution in [0.25, 0.3) is 0 Å². The highest BCUT2D eigenvalue weighted by Crippen LogP contribution is 2.07. The molecule has 0 amide bonds. The lowest BCUT2D eigenvalue weighted by molar-refractivity contribution is -0.141. The molecule has 1 N–H and O–H groups in total. The third-order valence-corrected chi connectivity index (χ3v) is 1.73. The van der Waals surface area contributed by atoms with Crippen LogP contribution >= 0.6 is 0 Å². The number of hydrogen-bond acceptors (Lipinski definition) is 1. The second kappa shape index (κ2) is 3.90. The molecule has 0 heterocycles. The Balaban J connectivity index is 2.58. The quantitative estimate of drug-likeness (QED) is 0.737. The first kappa shape index (κ1) is 8.78. The first-order chi connectivity index (χ1) is 5.70. The molecule has 0 fully saturated rings. The van der Waals surface area contributed by atoms with Gasteiger partial charge in [-0.2, -0.15) is 0 Å². The fraction of sp³-hybridized carbons (Fsp3) is 0.300. The number of benzene rings is 1. The Morgan fingerprint density at radius 1 is 1.75 bits per heavy atom. The van der Waals surface area contributed by atoms with Crippen molar-refractivity contribution in [1.29, 1.82) is 0 Å². The topological polar surface area (TPSA) is 37.3 Å². The molecule has 0 aliphatic heterocycles. The highest BCUT2D eigenvalue weighted by atomic mass is 16.4. The van der Waals surface area contributed by atoms with Gasteiger partial charge < -0.3 is 5.11 Å². The molecule has 63 valence electrons. The number of hydrogen-bond donors (Lipinski definition) is 1. The molecule has 12 heavy (non-hydrogen) atoms. The van der Waals surface area contributed by atoms with Gasteiger partial charge in [-0.1, -0.05) is 31.2 Å². The Bertz CT molecular complexity index is 254. The largest absolute Gasteiger partial charge is 0.481 e. The highest BCUT2D eigenvalue weighted by molar-refractivity contribution is 5.69. The zero-order chi connectivity index (χ0) is 8.97. The van der Waals surface area contributed by atoms with Crippen molar-refractivity contribution in [1.82, 2.24) is 0 Å². The van der Waals surface area contributed by atoms with Crippen LogP contribution in [0.15, 0.2) is 24.3 Å². The number of aliphatic carboxylic acids is 1. The monoisotopic (exact) mass is 163 g/mol. The van der Waals surface area contributed by atoms with Gasteiger partial charge in [-0.3, -0.25) is 4.79 Å². The van der Waals surface area contributed by atoms with Crippen LogP contribution in [-0.2, 0) is 11.2 Å². The van der Waals surface area contributed by atoms with Crippen LogP contribution < -0.4 is 0 Å². The predicted molar refractivity (Wildman–Crippen MR) is 45.8 cm³/mol. The third kappa shape index (κ3) is 2.38. The van der Waals surface area contributed by atoms with Crippen LogP contribution in [0.5, 0.6) is 0 Å². The molecular formula is C10H11O2. The van der Waals surface area contributed by atoms with Gasteiger partial charge in [0.05, 0.1) is 5.92 Å².